The second-order valence-corrected chi connectivity index (χ2v) is 5.10. The molecular formula is C11H11BrF2O. The van der Waals surface area contributed by atoms with Gasteiger partial charge >= 0.3 is 0 Å². The van der Waals surface area contributed by atoms with Gasteiger partial charge in [0, 0.05) is 4.47 Å². The average Bonchev–Trinajstić information content (AvgIpc) is 2.64. The van der Waals surface area contributed by atoms with E-state index in [1.54, 1.807) is 24.3 Å². The van der Waals surface area contributed by atoms with Crippen LogP contribution in [0.3, 0.4) is 0 Å². The van der Waals surface area contributed by atoms with Crippen LogP contribution in [0.15, 0.2) is 28.7 Å². The largest absolute Gasteiger partial charge is 0.396 e. The summed E-state index contributed by atoms with van der Waals surface area (Å²) in [6, 6.07) is 6.82. The van der Waals surface area contributed by atoms with Crippen molar-refractivity contribution in [2.24, 2.45) is 5.41 Å². The minimum Gasteiger partial charge on any atom is -0.396 e. The Labute approximate surface area is 95.2 Å². The Morgan fingerprint density at radius 1 is 1.33 bits per heavy atom. The van der Waals surface area contributed by atoms with Crippen molar-refractivity contribution in [1.82, 2.24) is 0 Å². The van der Waals surface area contributed by atoms with Crippen molar-refractivity contribution in [2.45, 2.75) is 18.8 Å². The van der Waals surface area contributed by atoms with Crippen LogP contribution >= 0.6 is 15.9 Å². The van der Waals surface area contributed by atoms with Gasteiger partial charge in [0.1, 0.15) is 0 Å². The van der Waals surface area contributed by atoms with Gasteiger partial charge in [-0.3, -0.25) is 0 Å². The van der Waals surface area contributed by atoms with Crippen LogP contribution in [0.2, 0.25) is 0 Å². The van der Waals surface area contributed by atoms with Gasteiger partial charge in [-0.2, -0.15) is 0 Å². The molecule has 0 spiro atoms. The first kappa shape index (κ1) is 11.0. The lowest BCUT2D eigenvalue weighted by molar-refractivity contribution is 0.0436. The van der Waals surface area contributed by atoms with E-state index in [1.807, 2.05) is 0 Å². The van der Waals surface area contributed by atoms with Gasteiger partial charge in [0.15, 0.2) is 0 Å². The van der Waals surface area contributed by atoms with Gasteiger partial charge in [-0.05, 0) is 17.7 Å². The molecule has 0 aromatic heterocycles. The monoisotopic (exact) mass is 276 g/mol. The molecule has 1 saturated carbocycles. The van der Waals surface area contributed by atoms with Gasteiger partial charge in [-0.15, -0.1) is 0 Å². The van der Waals surface area contributed by atoms with E-state index in [0.29, 0.717) is 5.56 Å². The summed E-state index contributed by atoms with van der Waals surface area (Å²) in [4.78, 5) is 0. The van der Waals surface area contributed by atoms with Crippen LogP contribution in [0.5, 0.6) is 0 Å². The Hall–Kier alpha value is -0.480. The minimum absolute atomic E-state index is 0.485. The molecule has 1 aromatic rings. The van der Waals surface area contributed by atoms with Crippen molar-refractivity contribution in [3.63, 3.8) is 0 Å². The van der Waals surface area contributed by atoms with E-state index in [4.69, 9.17) is 5.11 Å². The predicted molar refractivity (Wildman–Crippen MR) is 57.0 cm³/mol. The molecule has 1 nitrogen and oxygen atoms in total. The molecule has 15 heavy (non-hydrogen) atoms. The first-order valence-electron chi connectivity index (χ1n) is 4.67. The summed E-state index contributed by atoms with van der Waals surface area (Å²) in [5.41, 5.74) is -0.708. The Kier molecular flexibility index (Phi) is 2.39. The van der Waals surface area contributed by atoms with Crippen LogP contribution in [0, 0.1) is 5.41 Å². The zero-order chi connectivity index (χ0) is 11.3. The molecule has 0 amide bonds. The van der Waals surface area contributed by atoms with E-state index in [-0.39, 0.29) is 0 Å². The average molecular weight is 277 g/mol. The van der Waals surface area contributed by atoms with Crippen molar-refractivity contribution >= 4 is 15.9 Å². The fourth-order valence-electron chi connectivity index (χ4n) is 2.01. The van der Waals surface area contributed by atoms with Crippen molar-refractivity contribution in [3.8, 4) is 0 Å². The summed E-state index contributed by atoms with van der Waals surface area (Å²) >= 11 is 3.25. The number of halogens is 3. The van der Waals surface area contributed by atoms with E-state index >= 15 is 0 Å². The Morgan fingerprint density at radius 3 is 2.27 bits per heavy atom. The zero-order valence-corrected chi connectivity index (χ0v) is 9.76. The van der Waals surface area contributed by atoms with Crippen LogP contribution in [-0.2, 0) is 0 Å². The topological polar surface area (TPSA) is 20.2 Å². The zero-order valence-electron chi connectivity index (χ0n) is 8.17. The summed E-state index contributed by atoms with van der Waals surface area (Å²) in [6.45, 7) is 0.931. The van der Waals surface area contributed by atoms with Crippen LogP contribution in [0.25, 0.3) is 0 Å². The normalized spacial score (nSPS) is 32.7. The van der Waals surface area contributed by atoms with Gasteiger partial charge in [0.05, 0.1) is 17.9 Å². The fourth-order valence-corrected chi connectivity index (χ4v) is 2.28. The molecule has 0 radical (unpaired) electrons. The standard InChI is InChI=1S/C11H11BrF2O/c1-10(6-15)9(11(10,13)14)7-2-4-8(12)5-3-7/h2-5,9,15H,6H2,1H3/t9-,10-/m1/s1. The maximum Gasteiger partial charge on any atom is 0.263 e. The van der Waals surface area contributed by atoms with Gasteiger partial charge < -0.3 is 5.11 Å². The Bertz CT molecular complexity index is 377. The molecule has 1 fully saturated rings. The number of hydrogen-bond acceptors (Lipinski definition) is 1. The molecule has 1 aliphatic carbocycles. The van der Waals surface area contributed by atoms with Crippen LogP contribution < -0.4 is 0 Å². The maximum absolute atomic E-state index is 13.5. The Morgan fingerprint density at radius 2 is 1.87 bits per heavy atom. The lowest BCUT2D eigenvalue weighted by Crippen LogP contribution is -2.10. The molecule has 2 rings (SSSR count). The molecule has 1 aromatic carbocycles. The van der Waals surface area contributed by atoms with Crippen LogP contribution in [0.1, 0.15) is 18.4 Å². The molecule has 1 N–H and O–H groups in total. The summed E-state index contributed by atoms with van der Waals surface area (Å²) in [5, 5.41) is 9.00. The number of benzene rings is 1. The molecule has 4 heteroatoms. The molecular weight excluding hydrogens is 266 g/mol. The lowest BCUT2D eigenvalue weighted by atomic mass is 10.0. The van der Waals surface area contributed by atoms with Crippen molar-refractivity contribution in [3.05, 3.63) is 34.3 Å². The molecule has 0 saturated heterocycles. The summed E-state index contributed by atoms with van der Waals surface area (Å²) in [7, 11) is 0. The van der Waals surface area contributed by atoms with E-state index in [0.717, 1.165) is 4.47 Å². The second kappa shape index (κ2) is 3.25. The smallest absolute Gasteiger partial charge is 0.263 e. The van der Waals surface area contributed by atoms with E-state index < -0.39 is 23.9 Å². The van der Waals surface area contributed by atoms with E-state index in [9.17, 15) is 8.78 Å². The number of hydrogen-bond donors (Lipinski definition) is 1. The van der Waals surface area contributed by atoms with Crippen molar-refractivity contribution < 1.29 is 13.9 Å². The minimum atomic E-state index is -2.80. The van der Waals surface area contributed by atoms with Crippen molar-refractivity contribution in [2.75, 3.05) is 6.61 Å². The quantitative estimate of drug-likeness (QED) is 0.880. The second-order valence-electron chi connectivity index (χ2n) is 4.18. The van der Waals surface area contributed by atoms with Crippen LogP contribution in [0.4, 0.5) is 8.78 Å². The summed E-state index contributed by atoms with van der Waals surface area (Å²) in [6.07, 6.45) is 0. The molecule has 0 heterocycles. The van der Waals surface area contributed by atoms with Gasteiger partial charge in [0.25, 0.3) is 5.92 Å². The highest BCUT2D eigenvalue weighted by Crippen LogP contribution is 2.70. The van der Waals surface area contributed by atoms with E-state index in [2.05, 4.69) is 15.9 Å². The third-order valence-corrected chi connectivity index (χ3v) is 3.74. The SMILES string of the molecule is C[C@@]1(CO)[C@@H](c2ccc(Br)cc2)C1(F)F. The van der Waals surface area contributed by atoms with Gasteiger partial charge in [0.2, 0.25) is 0 Å². The fraction of sp³-hybridized carbons (Fsp3) is 0.455. The number of aliphatic hydroxyl groups excluding tert-OH is 1. The molecule has 82 valence electrons. The third-order valence-electron chi connectivity index (χ3n) is 3.21. The number of rotatable bonds is 2. The summed E-state index contributed by atoms with van der Waals surface area (Å²) in [5.74, 6) is -3.65. The number of aliphatic hydroxyl groups is 1. The van der Waals surface area contributed by atoms with E-state index in [1.165, 1.54) is 6.92 Å². The molecule has 0 aliphatic heterocycles. The van der Waals surface area contributed by atoms with Gasteiger partial charge in [-0.1, -0.05) is 35.0 Å². The highest BCUT2D eigenvalue weighted by molar-refractivity contribution is 9.10. The molecule has 1 aliphatic rings. The Balaban J connectivity index is 2.31. The lowest BCUT2D eigenvalue weighted by Gasteiger charge is -2.03. The highest BCUT2D eigenvalue weighted by Gasteiger charge is 2.77. The maximum atomic E-state index is 13.5. The first-order chi connectivity index (χ1) is 6.93. The molecule has 2 atom stereocenters. The van der Waals surface area contributed by atoms with Crippen molar-refractivity contribution in [1.29, 1.82) is 0 Å². The molecule has 0 unspecified atom stereocenters. The highest BCUT2D eigenvalue weighted by atomic mass is 79.9. The predicted octanol–water partition coefficient (Wildman–Crippen LogP) is 3.18. The van der Waals surface area contributed by atoms with Crippen LogP contribution in [-0.4, -0.2) is 17.6 Å². The molecule has 0 bridgehead atoms. The third kappa shape index (κ3) is 1.42. The number of alkyl halides is 2. The van der Waals surface area contributed by atoms with Gasteiger partial charge in [-0.25, -0.2) is 8.78 Å². The first-order valence-corrected chi connectivity index (χ1v) is 5.47. The summed E-state index contributed by atoms with van der Waals surface area (Å²) < 4.78 is 27.8.